The Morgan fingerprint density at radius 1 is 1.27 bits per heavy atom. The fraction of sp³-hybridized carbons (Fsp3) is 0.118. The summed E-state index contributed by atoms with van der Waals surface area (Å²) in [4.78, 5) is 0. The van der Waals surface area contributed by atoms with Crippen molar-refractivity contribution in [2.24, 2.45) is 0 Å². The van der Waals surface area contributed by atoms with Gasteiger partial charge < -0.3 is 9.15 Å². The number of rotatable bonds is 3. The van der Waals surface area contributed by atoms with E-state index in [1.807, 2.05) is 0 Å². The molecule has 0 unspecified atom stereocenters. The van der Waals surface area contributed by atoms with Crippen LogP contribution in [0.1, 0.15) is 5.56 Å². The highest BCUT2D eigenvalue weighted by molar-refractivity contribution is 9.10. The first-order valence-electron chi connectivity index (χ1n) is 6.57. The molecule has 3 rings (SSSR count). The van der Waals surface area contributed by atoms with Gasteiger partial charge in [-0.2, -0.15) is 5.26 Å². The highest BCUT2D eigenvalue weighted by Crippen LogP contribution is 2.44. The molecule has 0 radical (unpaired) electrons. The summed E-state index contributed by atoms with van der Waals surface area (Å²) in [6.45, 7) is 0. The van der Waals surface area contributed by atoms with Gasteiger partial charge in [0.1, 0.15) is 17.1 Å². The molecule has 0 amide bonds. The third kappa shape index (κ3) is 2.26. The van der Waals surface area contributed by atoms with Crippen molar-refractivity contribution in [3.8, 4) is 22.9 Å². The molecule has 0 saturated carbocycles. The van der Waals surface area contributed by atoms with Crippen LogP contribution in [-0.2, 0) is 6.42 Å². The summed E-state index contributed by atoms with van der Waals surface area (Å²) in [5.41, 5.74) is 2.28. The van der Waals surface area contributed by atoms with Gasteiger partial charge in [-0.15, -0.1) is 0 Å². The topological polar surface area (TPSA) is 46.2 Å². The van der Waals surface area contributed by atoms with Crippen LogP contribution in [-0.4, -0.2) is 7.11 Å². The number of nitriles is 1. The Morgan fingerprint density at radius 2 is 2.05 bits per heavy atom. The molecule has 0 N–H and O–H groups in total. The molecule has 2 aromatic carbocycles. The Kier molecular flexibility index (Phi) is 3.86. The van der Waals surface area contributed by atoms with Crippen LogP contribution >= 0.6 is 15.9 Å². The lowest BCUT2D eigenvalue weighted by molar-refractivity contribution is 0.419. The molecule has 0 atom stereocenters. The molecule has 22 heavy (non-hydrogen) atoms. The molecule has 0 spiro atoms. The largest absolute Gasteiger partial charge is 0.496 e. The Hall–Kier alpha value is -2.32. The first-order valence-corrected chi connectivity index (χ1v) is 7.36. The fourth-order valence-electron chi connectivity index (χ4n) is 2.50. The summed E-state index contributed by atoms with van der Waals surface area (Å²) >= 11 is 3.36. The van der Waals surface area contributed by atoms with E-state index in [1.54, 1.807) is 37.4 Å². The van der Waals surface area contributed by atoms with E-state index in [2.05, 4.69) is 22.0 Å². The second kappa shape index (κ2) is 5.82. The predicted molar refractivity (Wildman–Crippen MR) is 85.2 cm³/mol. The minimum absolute atomic E-state index is 0.206. The highest BCUT2D eigenvalue weighted by atomic mass is 79.9. The van der Waals surface area contributed by atoms with Gasteiger partial charge >= 0.3 is 0 Å². The van der Waals surface area contributed by atoms with Gasteiger partial charge in [0.05, 0.1) is 25.0 Å². The number of hydrogen-bond acceptors (Lipinski definition) is 3. The minimum Gasteiger partial charge on any atom is -0.496 e. The van der Waals surface area contributed by atoms with E-state index in [0.717, 1.165) is 5.56 Å². The van der Waals surface area contributed by atoms with Crippen LogP contribution in [0.5, 0.6) is 5.75 Å². The van der Waals surface area contributed by atoms with E-state index in [9.17, 15) is 4.39 Å². The Morgan fingerprint density at radius 3 is 2.73 bits per heavy atom. The highest BCUT2D eigenvalue weighted by Gasteiger charge is 2.22. The molecular formula is C17H11BrFNO2. The predicted octanol–water partition coefficient (Wildman–Crippen LogP) is 5.08. The van der Waals surface area contributed by atoms with Crippen molar-refractivity contribution in [2.75, 3.05) is 7.11 Å². The van der Waals surface area contributed by atoms with Crippen molar-refractivity contribution in [2.45, 2.75) is 6.42 Å². The van der Waals surface area contributed by atoms with Crippen LogP contribution in [0.3, 0.4) is 0 Å². The van der Waals surface area contributed by atoms with E-state index in [4.69, 9.17) is 14.4 Å². The zero-order valence-corrected chi connectivity index (χ0v) is 13.3. The lowest BCUT2D eigenvalue weighted by Gasteiger charge is -2.07. The smallest absolute Gasteiger partial charge is 0.178 e. The van der Waals surface area contributed by atoms with Crippen LogP contribution < -0.4 is 4.74 Å². The minimum atomic E-state index is -0.348. The SMILES string of the molecule is COc1ccc(CC#N)c2oc(Br)c(-c3ccccc3F)c12. The number of ether oxygens (including phenoxy) is 1. The van der Waals surface area contributed by atoms with Gasteiger partial charge in [0.25, 0.3) is 0 Å². The van der Waals surface area contributed by atoms with Gasteiger partial charge in [0.2, 0.25) is 0 Å². The molecular weight excluding hydrogens is 349 g/mol. The first kappa shape index (κ1) is 14.6. The van der Waals surface area contributed by atoms with Crippen LogP contribution in [0.25, 0.3) is 22.1 Å². The third-order valence-corrected chi connectivity index (χ3v) is 4.03. The van der Waals surface area contributed by atoms with Crippen LogP contribution in [0.4, 0.5) is 4.39 Å². The quantitative estimate of drug-likeness (QED) is 0.655. The Balaban J connectivity index is 2.41. The average Bonchev–Trinajstić information content (AvgIpc) is 2.86. The average molecular weight is 360 g/mol. The molecule has 0 aliphatic carbocycles. The maximum Gasteiger partial charge on any atom is 0.178 e. The number of methoxy groups -OCH3 is 1. The number of nitrogens with zero attached hydrogens (tertiary/aromatic N) is 1. The molecule has 3 nitrogen and oxygen atoms in total. The van der Waals surface area contributed by atoms with E-state index in [1.165, 1.54) is 6.07 Å². The summed E-state index contributed by atoms with van der Waals surface area (Å²) in [5.74, 6) is 0.225. The molecule has 0 bridgehead atoms. The Labute approximate surface area is 135 Å². The molecule has 0 fully saturated rings. The van der Waals surface area contributed by atoms with Gasteiger partial charge in [-0.3, -0.25) is 0 Å². The van der Waals surface area contributed by atoms with Gasteiger partial charge in [-0.05, 0) is 28.1 Å². The third-order valence-electron chi connectivity index (χ3n) is 3.47. The molecule has 1 aromatic heterocycles. The van der Waals surface area contributed by atoms with Gasteiger partial charge in [-0.25, -0.2) is 4.39 Å². The normalized spacial score (nSPS) is 10.6. The van der Waals surface area contributed by atoms with Crippen molar-refractivity contribution in [1.29, 1.82) is 5.26 Å². The lowest BCUT2D eigenvalue weighted by Crippen LogP contribution is -1.90. The van der Waals surface area contributed by atoms with Crippen molar-refractivity contribution >= 4 is 26.9 Å². The van der Waals surface area contributed by atoms with E-state index >= 15 is 0 Å². The summed E-state index contributed by atoms with van der Waals surface area (Å²) in [5, 5.41) is 9.61. The van der Waals surface area contributed by atoms with E-state index in [0.29, 0.717) is 32.5 Å². The summed E-state index contributed by atoms with van der Waals surface area (Å²) in [6, 6.07) is 12.1. The van der Waals surface area contributed by atoms with Crippen molar-refractivity contribution in [3.05, 3.63) is 52.4 Å². The molecule has 0 aliphatic rings. The number of fused-ring (bicyclic) bond motifs is 1. The lowest BCUT2D eigenvalue weighted by atomic mass is 10.0. The maximum atomic E-state index is 14.2. The van der Waals surface area contributed by atoms with Crippen LogP contribution in [0.2, 0.25) is 0 Å². The van der Waals surface area contributed by atoms with Gasteiger partial charge in [0.15, 0.2) is 4.67 Å². The molecule has 0 saturated heterocycles. The second-order valence-corrected chi connectivity index (χ2v) is 5.42. The fourth-order valence-corrected chi connectivity index (χ4v) is 3.07. The number of halogens is 2. The zero-order valence-electron chi connectivity index (χ0n) is 11.7. The standard InChI is InChI=1S/C17H11BrFNO2/c1-21-13-7-6-10(8-9-20)16-15(13)14(17(18)22-16)11-4-2-3-5-12(11)19/h2-7H,8H2,1H3. The number of benzene rings is 2. The van der Waals surface area contributed by atoms with Gasteiger partial charge in [0, 0.05) is 16.7 Å². The van der Waals surface area contributed by atoms with Crippen LogP contribution in [0, 0.1) is 17.1 Å². The summed E-state index contributed by atoms with van der Waals surface area (Å²) < 4.78 is 25.7. The van der Waals surface area contributed by atoms with Gasteiger partial charge in [-0.1, -0.05) is 24.3 Å². The molecule has 110 valence electrons. The Bertz CT molecular complexity index is 896. The summed E-state index contributed by atoms with van der Waals surface area (Å²) in [7, 11) is 1.55. The molecule has 3 aromatic rings. The zero-order chi connectivity index (χ0) is 15.7. The molecule has 1 heterocycles. The number of hydrogen-bond donors (Lipinski definition) is 0. The maximum absolute atomic E-state index is 14.2. The van der Waals surface area contributed by atoms with Crippen LogP contribution in [0.15, 0.2) is 45.5 Å². The van der Waals surface area contributed by atoms with Crippen molar-refractivity contribution in [3.63, 3.8) is 0 Å². The monoisotopic (exact) mass is 359 g/mol. The molecule has 0 aliphatic heterocycles. The number of furan rings is 1. The second-order valence-electron chi connectivity index (χ2n) is 4.70. The first-order chi connectivity index (χ1) is 10.7. The molecule has 5 heteroatoms. The van der Waals surface area contributed by atoms with E-state index in [-0.39, 0.29) is 12.2 Å². The summed E-state index contributed by atoms with van der Waals surface area (Å²) in [6.07, 6.45) is 0.206. The van der Waals surface area contributed by atoms with Crippen molar-refractivity contribution < 1.29 is 13.5 Å². The van der Waals surface area contributed by atoms with Crippen molar-refractivity contribution in [1.82, 2.24) is 0 Å². The van der Waals surface area contributed by atoms with E-state index < -0.39 is 0 Å².